The largest absolute Gasteiger partial charge is 0.330 e. The summed E-state index contributed by atoms with van der Waals surface area (Å²) in [7, 11) is 0. The van der Waals surface area contributed by atoms with Crippen LogP contribution in [0.1, 0.15) is 32.1 Å². The minimum atomic E-state index is 0.830. The van der Waals surface area contributed by atoms with Crippen LogP contribution in [0.25, 0.3) is 0 Å². The molecule has 1 aliphatic rings. The van der Waals surface area contributed by atoms with Gasteiger partial charge in [-0.25, -0.2) is 0 Å². The van der Waals surface area contributed by atoms with Gasteiger partial charge >= 0.3 is 0 Å². The van der Waals surface area contributed by atoms with Crippen molar-refractivity contribution in [1.82, 2.24) is 0 Å². The second-order valence-electron chi connectivity index (χ2n) is 3.00. The van der Waals surface area contributed by atoms with Crippen molar-refractivity contribution in [3.05, 3.63) is 23.8 Å². The summed E-state index contributed by atoms with van der Waals surface area (Å²) in [5.74, 6) is 0. The predicted octanol–water partition coefficient (Wildman–Crippen LogP) is 2.39. The quantitative estimate of drug-likeness (QED) is 0.613. The van der Waals surface area contributed by atoms with Crippen LogP contribution in [0.3, 0.4) is 0 Å². The average Bonchev–Trinajstić information content (AvgIpc) is 2.07. The molecule has 0 radical (unpaired) electrons. The van der Waals surface area contributed by atoms with Crippen LogP contribution in [-0.2, 0) is 0 Å². The summed E-state index contributed by atoms with van der Waals surface area (Å²) in [4.78, 5) is 0. The van der Waals surface area contributed by atoms with Gasteiger partial charge in [0.1, 0.15) is 0 Å². The van der Waals surface area contributed by atoms with Gasteiger partial charge in [-0.05, 0) is 38.6 Å². The zero-order chi connectivity index (χ0) is 7.94. The molecule has 0 unspecified atom stereocenters. The summed E-state index contributed by atoms with van der Waals surface area (Å²) in [5, 5.41) is 0. The maximum absolute atomic E-state index is 5.41. The first kappa shape index (κ1) is 8.54. The molecule has 2 N–H and O–H groups in total. The maximum atomic E-state index is 5.41. The van der Waals surface area contributed by atoms with Gasteiger partial charge in [-0.2, -0.15) is 0 Å². The van der Waals surface area contributed by atoms with Crippen molar-refractivity contribution in [2.24, 2.45) is 5.73 Å². The normalized spacial score (nSPS) is 16.6. The number of hydrogen-bond donors (Lipinski definition) is 1. The molecule has 0 saturated heterocycles. The van der Waals surface area contributed by atoms with Gasteiger partial charge < -0.3 is 5.73 Å². The summed E-state index contributed by atoms with van der Waals surface area (Å²) >= 11 is 0. The van der Waals surface area contributed by atoms with Crippen LogP contribution in [0, 0.1) is 0 Å². The van der Waals surface area contributed by atoms with Gasteiger partial charge in [0.15, 0.2) is 0 Å². The van der Waals surface area contributed by atoms with E-state index in [4.69, 9.17) is 5.73 Å². The zero-order valence-electron chi connectivity index (χ0n) is 7.05. The van der Waals surface area contributed by atoms with Crippen LogP contribution < -0.4 is 5.73 Å². The third kappa shape index (κ3) is 3.38. The fourth-order valence-corrected chi connectivity index (χ4v) is 1.33. The van der Waals surface area contributed by atoms with E-state index < -0.39 is 0 Å². The minimum Gasteiger partial charge on any atom is -0.330 e. The van der Waals surface area contributed by atoms with Crippen molar-refractivity contribution in [2.75, 3.05) is 6.54 Å². The maximum Gasteiger partial charge on any atom is -0.00772 e. The van der Waals surface area contributed by atoms with E-state index in [1.54, 1.807) is 0 Å². The smallest absolute Gasteiger partial charge is 0.00772 e. The first-order valence-corrected chi connectivity index (χ1v) is 4.49. The molecule has 0 saturated carbocycles. The molecule has 1 nitrogen and oxygen atoms in total. The number of nitrogens with two attached hydrogens (primary N) is 1. The molecule has 0 amide bonds. The van der Waals surface area contributed by atoms with Gasteiger partial charge in [0.25, 0.3) is 0 Å². The molecule has 0 bridgehead atoms. The van der Waals surface area contributed by atoms with Crippen LogP contribution in [-0.4, -0.2) is 6.54 Å². The van der Waals surface area contributed by atoms with Crippen molar-refractivity contribution in [3.8, 4) is 0 Å². The fourth-order valence-electron chi connectivity index (χ4n) is 1.33. The molecule has 62 valence electrons. The van der Waals surface area contributed by atoms with Crippen LogP contribution >= 0.6 is 0 Å². The first-order chi connectivity index (χ1) is 5.43. The van der Waals surface area contributed by atoms with Crippen molar-refractivity contribution in [3.63, 3.8) is 0 Å². The Labute approximate surface area is 69.0 Å². The minimum absolute atomic E-state index is 0.830. The molecular formula is C10H17N. The van der Waals surface area contributed by atoms with E-state index in [0.717, 1.165) is 13.0 Å². The van der Waals surface area contributed by atoms with Crippen molar-refractivity contribution in [1.29, 1.82) is 0 Å². The first-order valence-electron chi connectivity index (χ1n) is 4.49. The van der Waals surface area contributed by atoms with Crippen molar-refractivity contribution >= 4 is 0 Å². The molecule has 0 aromatic carbocycles. The van der Waals surface area contributed by atoms with Crippen LogP contribution in [0.4, 0.5) is 0 Å². The van der Waals surface area contributed by atoms with Crippen molar-refractivity contribution in [2.45, 2.75) is 32.1 Å². The van der Waals surface area contributed by atoms with E-state index in [-0.39, 0.29) is 0 Å². The molecule has 1 heteroatoms. The molecule has 0 heterocycles. The third-order valence-electron chi connectivity index (χ3n) is 1.99. The molecule has 0 aliphatic heterocycles. The Morgan fingerprint density at radius 1 is 1.27 bits per heavy atom. The lowest BCUT2D eigenvalue weighted by molar-refractivity contribution is 0.742. The Bertz CT molecular complexity index is 156. The summed E-state index contributed by atoms with van der Waals surface area (Å²) in [6.07, 6.45) is 12.9. The SMILES string of the molecule is NCCCCC1=CCCC=C1. The van der Waals surface area contributed by atoms with Crippen LogP contribution in [0.15, 0.2) is 23.8 Å². The Morgan fingerprint density at radius 3 is 2.82 bits per heavy atom. The molecule has 1 aliphatic carbocycles. The molecule has 1 rings (SSSR count). The second-order valence-corrected chi connectivity index (χ2v) is 3.00. The molecule has 0 spiro atoms. The highest BCUT2D eigenvalue weighted by Crippen LogP contribution is 2.15. The number of unbranched alkanes of at least 4 members (excludes halogenated alkanes) is 1. The van der Waals surface area contributed by atoms with Gasteiger partial charge in [-0.1, -0.05) is 23.8 Å². The fraction of sp³-hybridized carbons (Fsp3) is 0.600. The number of hydrogen-bond acceptors (Lipinski definition) is 1. The van der Waals surface area contributed by atoms with Gasteiger partial charge in [-0.3, -0.25) is 0 Å². The molecule has 0 aromatic rings. The second kappa shape index (κ2) is 5.14. The summed E-state index contributed by atoms with van der Waals surface area (Å²) in [6.45, 7) is 0.830. The third-order valence-corrected chi connectivity index (χ3v) is 1.99. The summed E-state index contributed by atoms with van der Waals surface area (Å²) < 4.78 is 0. The van der Waals surface area contributed by atoms with Crippen molar-refractivity contribution < 1.29 is 0 Å². The molecule has 0 atom stereocenters. The lowest BCUT2D eigenvalue weighted by Crippen LogP contribution is -1.98. The van der Waals surface area contributed by atoms with Gasteiger partial charge in [0.05, 0.1) is 0 Å². The predicted molar refractivity (Wildman–Crippen MR) is 49.4 cm³/mol. The van der Waals surface area contributed by atoms with Gasteiger partial charge in [0.2, 0.25) is 0 Å². The van der Waals surface area contributed by atoms with Crippen LogP contribution in [0.5, 0.6) is 0 Å². The Hall–Kier alpha value is -0.560. The van der Waals surface area contributed by atoms with Gasteiger partial charge in [-0.15, -0.1) is 0 Å². The Morgan fingerprint density at radius 2 is 2.18 bits per heavy atom. The van der Waals surface area contributed by atoms with E-state index in [1.807, 2.05) is 0 Å². The van der Waals surface area contributed by atoms with Crippen LogP contribution in [0.2, 0.25) is 0 Å². The van der Waals surface area contributed by atoms with E-state index >= 15 is 0 Å². The highest BCUT2D eigenvalue weighted by Gasteiger charge is 1.95. The van der Waals surface area contributed by atoms with E-state index in [0.29, 0.717) is 0 Å². The molecule has 11 heavy (non-hydrogen) atoms. The standard InChI is InChI=1S/C10H17N/c11-9-5-4-8-10-6-2-1-3-7-10/h2,6-7H,1,3-5,8-9,11H2. The summed E-state index contributed by atoms with van der Waals surface area (Å²) in [6, 6.07) is 0. The van der Waals surface area contributed by atoms with Gasteiger partial charge in [0, 0.05) is 0 Å². The highest BCUT2D eigenvalue weighted by molar-refractivity contribution is 5.21. The molecule has 0 fully saturated rings. The van der Waals surface area contributed by atoms with E-state index in [2.05, 4.69) is 18.2 Å². The van der Waals surface area contributed by atoms with E-state index in [9.17, 15) is 0 Å². The lowest BCUT2D eigenvalue weighted by Gasteiger charge is -2.05. The average molecular weight is 151 g/mol. The Balaban J connectivity index is 2.15. The monoisotopic (exact) mass is 151 g/mol. The lowest BCUT2D eigenvalue weighted by atomic mass is 10.0. The molecular weight excluding hydrogens is 134 g/mol. The zero-order valence-corrected chi connectivity index (χ0v) is 7.05. The number of allylic oxidation sites excluding steroid dienone is 4. The Kier molecular flexibility index (Phi) is 3.99. The topological polar surface area (TPSA) is 26.0 Å². The summed E-state index contributed by atoms with van der Waals surface area (Å²) in [5.41, 5.74) is 6.91. The number of rotatable bonds is 4. The van der Waals surface area contributed by atoms with E-state index in [1.165, 1.54) is 31.3 Å². The highest BCUT2D eigenvalue weighted by atomic mass is 14.5. The molecule has 0 aromatic heterocycles.